The Balaban J connectivity index is 1.77. The minimum atomic E-state index is -0.344. The maximum atomic E-state index is 12.5. The largest absolute Gasteiger partial charge is 0.459 e. The number of esters is 1. The van der Waals surface area contributed by atoms with Gasteiger partial charge in [0.25, 0.3) is 0 Å². The first-order valence-corrected chi connectivity index (χ1v) is 8.62. The van der Waals surface area contributed by atoms with Crippen molar-refractivity contribution in [3.8, 4) is 6.07 Å². The fourth-order valence-electron chi connectivity index (χ4n) is 2.79. The van der Waals surface area contributed by atoms with Gasteiger partial charge in [-0.2, -0.15) is 5.26 Å². The van der Waals surface area contributed by atoms with E-state index in [1.807, 2.05) is 48.2 Å². The molecule has 0 aliphatic heterocycles. The number of hydrogen-bond donors (Lipinski definition) is 1. The van der Waals surface area contributed by atoms with Crippen LogP contribution in [-0.2, 0) is 16.1 Å². The smallest absolute Gasteiger partial charge is 0.325 e. The molecule has 0 radical (unpaired) electrons. The number of benzene rings is 2. The summed E-state index contributed by atoms with van der Waals surface area (Å²) >= 11 is 0. The van der Waals surface area contributed by atoms with Gasteiger partial charge in [0.05, 0.1) is 29.7 Å². The number of hydrogen-bond acceptors (Lipinski definition) is 5. The Morgan fingerprint density at radius 2 is 2.07 bits per heavy atom. The van der Waals surface area contributed by atoms with Crippen LogP contribution < -0.4 is 4.90 Å². The normalized spacial score (nSPS) is 11.4. The van der Waals surface area contributed by atoms with Crippen LogP contribution in [0.5, 0.6) is 0 Å². The van der Waals surface area contributed by atoms with Gasteiger partial charge in [-0.25, -0.2) is 4.98 Å². The molecule has 136 valence electrons. The number of rotatable bonds is 7. The van der Waals surface area contributed by atoms with Crippen molar-refractivity contribution in [2.45, 2.75) is 19.6 Å². The maximum absolute atomic E-state index is 12.5. The number of nitrogens with one attached hydrogen (secondary N) is 1. The minimum Gasteiger partial charge on any atom is -0.459 e. The average Bonchev–Trinajstić information content (AvgIpc) is 3.26. The third kappa shape index (κ3) is 4.73. The van der Waals surface area contributed by atoms with E-state index in [9.17, 15) is 10.1 Å². The van der Waals surface area contributed by atoms with Crippen LogP contribution in [0.2, 0.25) is 0 Å². The van der Waals surface area contributed by atoms with E-state index in [1.165, 1.54) is 0 Å². The predicted octanol–water partition coefficient (Wildman–Crippen LogP) is 3.59. The third-order valence-corrected chi connectivity index (χ3v) is 4.26. The molecule has 1 atom stereocenters. The summed E-state index contributed by atoms with van der Waals surface area (Å²) in [5, 5.41) is 9.18. The molecule has 0 saturated heterocycles. The van der Waals surface area contributed by atoms with Crippen LogP contribution in [0.15, 0.2) is 67.1 Å². The van der Waals surface area contributed by atoms with Crippen LogP contribution in [0.3, 0.4) is 0 Å². The second-order valence-electron chi connectivity index (χ2n) is 6.11. The molecule has 2 aromatic carbocycles. The highest BCUT2D eigenvalue weighted by Gasteiger charge is 2.22. The molecule has 3 rings (SSSR count). The zero-order valence-electron chi connectivity index (χ0n) is 15.0. The molecule has 0 bridgehead atoms. The van der Waals surface area contributed by atoms with Gasteiger partial charge in [-0.15, -0.1) is 0 Å². The van der Waals surface area contributed by atoms with E-state index in [1.54, 1.807) is 30.7 Å². The number of nitriles is 1. The molecule has 6 nitrogen and oxygen atoms in total. The Hall–Kier alpha value is -3.59. The van der Waals surface area contributed by atoms with Gasteiger partial charge in [0.2, 0.25) is 0 Å². The van der Waals surface area contributed by atoms with Crippen LogP contribution in [0.4, 0.5) is 5.69 Å². The molecule has 1 N–H and O–H groups in total. The molecule has 0 aliphatic rings. The molecule has 1 unspecified atom stereocenters. The summed E-state index contributed by atoms with van der Waals surface area (Å²) in [7, 11) is 0. The van der Waals surface area contributed by atoms with E-state index >= 15 is 0 Å². The van der Waals surface area contributed by atoms with Crippen molar-refractivity contribution in [2.24, 2.45) is 0 Å². The van der Waals surface area contributed by atoms with Gasteiger partial charge in [0.15, 0.2) is 0 Å². The summed E-state index contributed by atoms with van der Waals surface area (Å²) in [6, 6.07) is 18.7. The Morgan fingerprint density at radius 3 is 2.78 bits per heavy atom. The zero-order valence-corrected chi connectivity index (χ0v) is 15.0. The zero-order chi connectivity index (χ0) is 19.1. The molecule has 0 spiro atoms. The van der Waals surface area contributed by atoms with Crippen LogP contribution in [-0.4, -0.2) is 22.5 Å². The van der Waals surface area contributed by atoms with E-state index in [2.05, 4.69) is 16.0 Å². The molecule has 3 aromatic rings. The lowest BCUT2D eigenvalue weighted by atomic mass is 10.1. The van der Waals surface area contributed by atoms with E-state index in [0.29, 0.717) is 5.56 Å². The molecule has 6 heteroatoms. The number of anilines is 1. The SMILES string of the molecule is CC(c1c[nH]cn1)N(CC(=O)OCc1ccccc1)c1cccc(C#N)c1. The molecular formula is C21H20N4O2. The Labute approximate surface area is 158 Å². The van der Waals surface area contributed by atoms with Crippen molar-refractivity contribution in [3.05, 3.63) is 83.9 Å². The average molecular weight is 360 g/mol. The molecule has 0 fully saturated rings. The van der Waals surface area contributed by atoms with Gasteiger partial charge in [-0.05, 0) is 30.7 Å². The first-order valence-electron chi connectivity index (χ1n) is 8.62. The van der Waals surface area contributed by atoms with Crippen LogP contribution in [0, 0.1) is 11.3 Å². The number of carbonyl (C=O) groups excluding carboxylic acids is 1. The van der Waals surface area contributed by atoms with Crippen LogP contribution in [0.1, 0.15) is 29.8 Å². The third-order valence-electron chi connectivity index (χ3n) is 4.26. The number of aromatic nitrogens is 2. The van der Waals surface area contributed by atoms with E-state index < -0.39 is 0 Å². The second kappa shape index (κ2) is 8.68. The number of aromatic amines is 1. The second-order valence-corrected chi connectivity index (χ2v) is 6.11. The summed E-state index contributed by atoms with van der Waals surface area (Å²) in [5.41, 5.74) is 3.03. The summed E-state index contributed by atoms with van der Waals surface area (Å²) in [6.07, 6.45) is 3.39. The number of imidazole rings is 1. The Bertz CT molecular complexity index is 917. The van der Waals surface area contributed by atoms with Gasteiger partial charge in [-0.1, -0.05) is 36.4 Å². The first kappa shape index (κ1) is 18.2. The lowest BCUT2D eigenvalue weighted by molar-refractivity contribution is -0.143. The first-order chi connectivity index (χ1) is 13.2. The van der Waals surface area contributed by atoms with E-state index in [4.69, 9.17) is 4.74 Å². The van der Waals surface area contributed by atoms with Crippen molar-refractivity contribution < 1.29 is 9.53 Å². The standard InChI is InChI=1S/C21H20N4O2/c1-16(20-12-23-15-24-20)25(19-9-5-8-18(10-19)11-22)13-21(26)27-14-17-6-3-2-4-7-17/h2-10,12,15-16H,13-14H2,1H3,(H,23,24). The summed E-state index contributed by atoms with van der Waals surface area (Å²) in [5.74, 6) is -0.344. The molecule has 1 aromatic heterocycles. The van der Waals surface area contributed by atoms with Crippen molar-refractivity contribution >= 4 is 11.7 Å². The summed E-state index contributed by atoms with van der Waals surface area (Å²) < 4.78 is 5.43. The van der Waals surface area contributed by atoms with Crippen LogP contribution >= 0.6 is 0 Å². The highest BCUT2D eigenvalue weighted by molar-refractivity contribution is 5.76. The summed E-state index contributed by atoms with van der Waals surface area (Å²) in [4.78, 5) is 21.6. The monoisotopic (exact) mass is 360 g/mol. The molecule has 0 amide bonds. The molecule has 27 heavy (non-hydrogen) atoms. The fourth-order valence-corrected chi connectivity index (χ4v) is 2.79. The fraction of sp³-hybridized carbons (Fsp3) is 0.190. The van der Waals surface area contributed by atoms with Gasteiger partial charge in [-0.3, -0.25) is 4.79 Å². The summed E-state index contributed by atoms with van der Waals surface area (Å²) in [6.45, 7) is 2.23. The lowest BCUT2D eigenvalue weighted by Crippen LogP contribution is -2.33. The van der Waals surface area contributed by atoms with Crippen molar-refractivity contribution in [1.29, 1.82) is 5.26 Å². The topological polar surface area (TPSA) is 82.0 Å². The van der Waals surface area contributed by atoms with E-state index in [0.717, 1.165) is 16.9 Å². The predicted molar refractivity (Wildman–Crippen MR) is 102 cm³/mol. The maximum Gasteiger partial charge on any atom is 0.325 e. The number of nitrogens with zero attached hydrogens (tertiary/aromatic N) is 3. The van der Waals surface area contributed by atoms with Crippen LogP contribution in [0.25, 0.3) is 0 Å². The lowest BCUT2D eigenvalue weighted by Gasteiger charge is -2.29. The Kier molecular flexibility index (Phi) is 5.85. The van der Waals surface area contributed by atoms with Gasteiger partial charge in [0.1, 0.15) is 13.2 Å². The number of carbonyl (C=O) groups is 1. The minimum absolute atomic E-state index is 0.0513. The van der Waals surface area contributed by atoms with Crippen molar-refractivity contribution in [3.63, 3.8) is 0 Å². The molecule has 1 heterocycles. The van der Waals surface area contributed by atoms with Gasteiger partial charge in [0, 0.05) is 11.9 Å². The highest BCUT2D eigenvalue weighted by Crippen LogP contribution is 2.26. The molecule has 0 saturated carbocycles. The highest BCUT2D eigenvalue weighted by atomic mass is 16.5. The number of H-pyrrole nitrogens is 1. The van der Waals surface area contributed by atoms with Crippen molar-refractivity contribution in [1.82, 2.24) is 9.97 Å². The van der Waals surface area contributed by atoms with Gasteiger partial charge < -0.3 is 14.6 Å². The van der Waals surface area contributed by atoms with E-state index in [-0.39, 0.29) is 25.2 Å². The molecular weight excluding hydrogens is 340 g/mol. The Morgan fingerprint density at radius 1 is 1.26 bits per heavy atom. The molecule has 0 aliphatic carbocycles. The van der Waals surface area contributed by atoms with Gasteiger partial charge >= 0.3 is 5.97 Å². The number of ether oxygens (including phenoxy) is 1. The quantitative estimate of drug-likeness (QED) is 0.651. The van der Waals surface area contributed by atoms with Crippen molar-refractivity contribution in [2.75, 3.05) is 11.4 Å².